The van der Waals surface area contributed by atoms with E-state index in [1.165, 1.54) is 16.7 Å². The summed E-state index contributed by atoms with van der Waals surface area (Å²) < 4.78 is 12.8. The number of carboxylic acid groups (broad SMARTS) is 1. The maximum absolute atomic E-state index is 11.6. The number of anilines is 1. The molecule has 230 valence electrons. The van der Waals surface area contributed by atoms with Gasteiger partial charge in [-0.1, -0.05) is 77.9 Å². The molecule has 4 aromatic carbocycles. The number of hydrogen-bond donors (Lipinski definition) is 3. The van der Waals surface area contributed by atoms with Crippen LogP contribution in [0, 0.1) is 13.8 Å². The van der Waals surface area contributed by atoms with E-state index in [1.54, 1.807) is 0 Å². The predicted molar refractivity (Wildman–Crippen MR) is 175 cm³/mol. The van der Waals surface area contributed by atoms with Crippen LogP contribution < -0.4 is 20.5 Å². The van der Waals surface area contributed by atoms with Crippen LogP contribution in [-0.2, 0) is 37.5 Å². The Kier molecular flexibility index (Phi) is 10.5. The second-order valence-electron chi connectivity index (χ2n) is 11.8. The summed E-state index contributed by atoms with van der Waals surface area (Å²) in [4.78, 5) is 13.8. The number of aliphatic carboxylic acids is 1. The Hall–Kier alpha value is -4.33. The third-order valence-electron chi connectivity index (χ3n) is 8.01. The molecule has 0 fully saturated rings. The third-order valence-corrected chi connectivity index (χ3v) is 8.01. The van der Waals surface area contributed by atoms with Crippen LogP contribution in [0.3, 0.4) is 0 Å². The van der Waals surface area contributed by atoms with Gasteiger partial charge in [0.25, 0.3) is 0 Å². The smallest absolute Gasteiger partial charge is 0.320 e. The van der Waals surface area contributed by atoms with Gasteiger partial charge in [-0.3, -0.25) is 9.69 Å². The molecule has 0 spiro atoms. The molecule has 0 unspecified atom stereocenters. The number of para-hydroxylation sites is 1. The Morgan fingerprint density at radius 3 is 2.20 bits per heavy atom. The molecule has 1 atom stereocenters. The van der Waals surface area contributed by atoms with Crippen molar-refractivity contribution in [3.8, 4) is 11.5 Å². The van der Waals surface area contributed by atoms with Crippen molar-refractivity contribution in [2.45, 2.75) is 65.5 Å². The fourth-order valence-electron chi connectivity index (χ4n) is 5.64. The first kappa shape index (κ1) is 31.1. The molecule has 0 aliphatic carbocycles. The second-order valence-corrected chi connectivity index (χ2v) is 11.8. The van der Waals surface area contributed by atoms with Crippen LogP contribution in [0.25, 0.3) is 0 Å². The van der Waals surface area contributed by atoms with Gasteiger partial charge in [-0.15, -0.1) is 0 Å². The maximum Gasteiger partial charge on any atom is 0.320 e. The summed E-state index contributed by atoms with van der Waals surface area (Å²) in [5.41, 5.74) is 15.1. The Labute approximate surface area is 260 Å². The van der Waals surface area contributed by atoms with E-state index in [2.05, 4.69) is 84.7 Å². The molecular weight excluding hydrogens is 550 g/mol. The summed E-state index contributed by atoms with van der Waals surface area (Å²) in [6.07, 6.45) is 2.42. The van der Waals surface area contributed by atoms with Gasteiger partial charge in [0.15, 0.2) is 0 Å². The van der Waals surface area contributed by atoms with Crippen LogP contribution in [0.4, 0.5) is 5.69 Å². The average Bonchev–Trinajstić information content (AvgIpc) is 3.02. The van der Waals surface area contributed by atoms with Crippen molar-refractivity contribution in [3.63, 3.8) is 0 Å². The van der Waals surface area contributed by atoms with E-state index < -0.39 is 12.0 Å². The SMILES string of the molecule is Cc1cccc(COc2ccccc2CN(CC[C@H](N)C(=O)O)Cc2cc3c(cc2OCc2cccc(C)c2)CCCN3)c1. The van der Waals surface area contributed by atoms with Gasteiger partial charge in [0.2, 0.25) is 0 Å². The normalized spacial score (nSPS) is 13.2. The van der Waals surface area contributed by atoms with Crippen molar-refractivity contribution in [1.29, 1.82) is 0 Å². The quantitative estimate of drug-likeness (QED) is 0.151. The number of carboxylic acids is 1. The lowest BCUT2D eigenvalue weighted by atomic mass is 9.99. The first-order valence-corrected chi connectivity index (χ1v) is 15.4. The molecule has 1 heterocycles. The van der Waals surface area contributed by atoms with Crippen LogP contribution in [0.5, 0.6) is 11.5 Å². The van der Waals surface area contributed by atoms with Crippen molar-refractivity contribution < 1.29 is 19.4 Å². The standard InChI is InChI=1S/C37H43N3O4/c1-26-8-5-10-28(18-26)24-43-35-14-4-3-12-31(35)22-40(17-15-33(38)37(41)42)23-32-20-34-30(13-7-16-39-34)21-36(32)44-25-29-11-6-9-27(2)19-29/h3-6,8-12,14,18-21,33,39H,7,13,15-17,22-25,38H2,1-2H3,(H,41,42)/t33-/m0/s1. The number of aryl methyl sites for hydroxylation is 3. The molecule has 7 heteroatoms. The van der Waals surface area contributed by atoms with Crippen LogP contribution in [-0.4, -0.2) is 35.1 Å². The monoisotopic (exact) mass is 593 g/mol. The first-order valence-electron chi connectivity index (χ1n) is 15.4. The number of rotatable bonds is 14. The zero-order chi connectivity index (χ0) is 30.9. The lowest BCUT2D eigenvalue weighted by molar-refractivity contribution is -0.138. The fraction of sp³-hybridized carbons (Fsp3) is 0.324. The van der Waals surface area contributed by atoms with Gasteiger partial charge < -0.3 is 25.6 Å². The van der Waals surface area contributed by atoms with Gasteiger partial charge in [0, 0.05) is 43.0 Å². The molecule has 0 saturated heterocycles. The number of nitrogens with zero attached hydrogens (tertiary/aromatic N) is 1. The van der Waals surface area contributed by atoms with E-state index >= 15 is 0 Å². The van der Waals surface area contributed by atoms with Crippen molar-refractivity contribution in [1.82, 2.24) is 4.90 Å². The summed E-state index contributed by atoms with van der Waals surface area (Å²) >= 11 is 0. The molecule has 1 aliphatic rings. The first-order chi connectivity index (χ1) is 21.3. The van der Waals surface area contributed by atoms with E-state index in [9.17, 15) is 9.90 Å². The number of nitrogens with one attached hydrogen (secondary N) is 1. The zero-order valence-electron chi connectivity index (χ0n) is 25.7. The van der Waals surface area contributed by atoms with E-state index in [4.69, 9.17) is 15.2 Å². The molecule has 4 aromatic rings. The van der Waals surface area contributed by atoms with E-state index in [-0.39, 0.29) is 0 Å². The summed E-state index contributed by atoms with van der Waals surface area (Å²) in [6.45, 7) is 7.68. The van der Waals surface area contributed by atoms with Crippen LogP contribution >= 0.6 is 0 Å². The fourth-order valence-corrected chi connectivity index (χ4v) is 5.64. The predicted octanol–water partition coefficient (Wildman–Crippen LogP) is 6.62. The molecule has 0 radical (unpaired) electrons. The number of hydrogen-bond acceptors (Lipinski definition) is 6. The van der Waals surface area contributed by atoms with Gasteiger partial charge >= 0.3 is 5.97 Å². The summed E-state index contributed by atoms with van der Waals surface area (Å²) in [7, 11) is 0. The zero-order valence-corrected chi connectivity index (χ0v) is 25.7. The highest BCUT2D eigenvalue weighted by Gasteiger charge is 2.20. The lowest BCUT2D eigenvalue weighted by Gasteiger charge is -2.27. The number of fused-ring (bicyclic) bond motifs is 1. The van der Waals surface area contributed by atoms with E-state index in [1.807, 2.05) is 24.3 Å². The molecule has 0 aromatic heterocycles. The highest BCUT2D eigenvalue weighted by atomic mass is 16.5. The molecule has 44 heavy (non-hydrogen) atoms. The Morgan fingerprint density at radius 1 is 0.864 bits per heavy atom. The molecule has 0 amide bonds. The Balaban J connectivity index is 1.40. The van der Waals surface area contributed by atoms with Gasteiger partial charge in [-0.05, 0) is 68.0 Å². The third kappa shape index (κ3) is 8.62. The van der Waals surface area contributed by atoms with Crippen LogP contribution in [0.2, 0.25) is 0 Å². The summed E-state index contributed by atoms with van der Waals surface area (Å²) in [5.74, 6) is 0.669. The highest BCUT2D eigenvalue weighted by molar-refractivity contribution is 5.73. The summed E-state index contributed by atoms with van der Waals surface area (Å²) in [6, 6.07) is 28.2. The average molecular weight is 594 g/mol. The highest BCUT2D eigenvalue weighted by Crippen LogP contribution is 2.33. The van der Waals surface area contributed by atoms with Crippen molar-refractivity contribution >= 4 is 11.7 Å². The van der Waals surface area contributed by atoms with Crippen molar-refractivity contribution in [2.24, 2.45) is 5.73 Å². The van der Waals surface area contributed by atoms with E-state index in [0.29, 0.717) is 39.3 Å². The van der Waals surface area contributed by atoms with E-state index in [0.717, 1.165) is 58.8 Å². The molecule has 4 N–H and O–H groups in total. The molecule has 7 nitrogen and oxygen atoms in total. The minimum absolute atomic E-state index is 0.324. The molecule has 5 rings (SSSR count). The maximum atomic E-state index is 11.6. The topological polar surface area (TPSA) is 97.1 Å². The van der Waals surface area contributed by atoms with Gasteiger partial charge in [-0.2, -0.15) is 0 Å². The lowest BCUT2D eigenvalue weighted by Crippen LogP contribution is -2.35. The Morgan fingerprint density at radius 2 is 1.52 bits per heavy atom. The minimum Gasteiger partial charge on any atom is -0.489 e. The molecular formula is C37H43N3O4. The number of carbonyl (C=O) groups is 1. The number of benzene rings is 4. The largest absolute Gasteiger partial charge is 0.489 e. The van der Waals surface area contributed by atoms with Crippen LogP contribution in [0.1, 0.15) is 51.8 Å². The van der Waals surface area contributed by atoms with Gasteiger partial charge in [0.05, 0.1) is 0 Å². The number of ether oxygens (including phenoxy) is 2. The molecule has 0 saturated carbocycles. The van der Waals surface area contributed by atoms with Crippen molar-refractivity contribution in [3.05, 3.63) is 124 Å². The van der Waals surface area contributed by atoms with Crippen molar-refractivity contribution in [2.75, 3.05) is 18.4 Å². The van der Waals surface area contributed by atoms with Crippen LogP contribution in [0.15, 0.2) is 84.9 Å². The van der Waals surface area contributed by atoms with Gasteiger partial charge in [0.1, 0.15) is 30.8 Å². The Bertz CT molecular complexity index is 1570. The molecule has 1 aliphatic heterocycles. The second kappa shape index (κ2) is 14.9. The molecule has 0 bridgehead atoms. The van der Waals surface area contributed by atoms with Gasteiger partial charge in [-0.25, -0.2) is 0 Å². The minimum atomic E-state index is -0.994. The number of nitrogens with two attached hydrogens (primary N) is 1. The summed E-state index contributed by atoms with van der Waals surface area (Å²) in [5, 5.41) is 13.1.